The summed E-state index contributed by atoms with van der Waals surface area (Å²) in [5.74, 6) is 1.23. The molecular weight excluding hydrogens is 520 g/mol. The SMILES string of the molecule is N#CC1(NC(=O)C2CCCCC2)CC1.O=S1(=O)CCN(c2ccc(-c3cnc(C4CCOC4)s3)cc2)CC1. The quantitative estimate of drug-likeness (QED) is 0.585. The zero-order valence-electron chi connectivity index (χ0n) is 21.7. The maximum atomic E-state index is 11.8. The van der Waals surface area contributed by atoms with E-state index in [1.165, 1.54) is 11.3 Å². The summed E-state index contributed by atoms with van der Waals surface area (Å²) in [6.07, 6.45) is 10.3. The average molecular weight is 557 g/mol. The van der Waals surface area contributed by atoms with Crippen molar-refractivity contribution in [3.8, 4) is 16.5 Å². The Kier molecular flexibility index (Phi) is 8.36. The highest BCUT2D eigenvalue weighted by Crippen LogP contribution is 2.36. The van der Waals surface area contributed by atoms with Crippen LogP contribution in [0.25, 0.3) is 10.4 Å². The van der Waals surface area contributed by atoms with Gasteiger partial charge in [0.1, 0.15) is 5.54 Å². The Morgan fingerprint density at radius 2 is 1.82 bits per heavy atom. The van der Waals surface area contributed by atoms with Crippen LogP contribution in [0.3, 0.4) is 0 Å². The summed E-state index contributed by atoms with van der Waals surface area (Å²) in [6.45, 7) is 2.77. The summed E-state index contributed by atoms with van der Waals surface area (Å²) in [7, 11) is -2.84. The molecule has 3 heterocycles. The minimum absolute atomic E-state index is 0.115. The molecule has 0 spiro atoms. The molecule has 38 heavy (non-hydrogen) atoms. The summed E-state index contributed by atoms with van der Waals surface area (Å²) in [5, 5.41) is 12.9. The molecule has 2 aliphatic carbocycles. The van der Waals surface area contributed by atoms with Crippen molar-refractivity contribution in [2.45, 2.75) is 62.8 Å². The number of benzene rings is 1. The highest BCUT2D eigenvalue weighted by molar-refractivity contribution is 7.91. The zero-order valence-corrected chi connectivity index (χ0v) is 23.4. The number of rotatable bonds is 5. The van der Waals surface area contributed by atoms with Crippen LogP contribution >= 0.6 is 11.3 Å². The fourth-order valence-corrected chi connectivity index (χ4v) is 7.48. The van der Waals surface area contributed by atoms with Gasteiger partial charge in [0.05, 0.1) is 34.1 Å². The number of carbonyl (C=O) groups excluding carboxylic acids is 1. The third-order valence-corrected chi connectivity index (χ3v) is 10.8. The first-order valence-electron chi connectivity index (χ1n) is 13.7. The number of nitrogens with zero attached hydrogens (tertiary/aromatic N) is 3. The number of sulfone groups is 1. The van der Waals surface area contributed by atoms with Gasteiger partial charge in [-0.1, -0.05) is 31.4 Å². The number of nitriles is 1. The smallest absolute Gasteiger partial charge is 0.224 e. The highest BCUT2D eigenvalue weighted by Gasteiger charge is 2.45. The van der Waals surface area contributed by atoms with E-state index >= 15 is 0 Å². The molecule has 8 nitrogen and oxygen atoms in total. The van der Waals surface area contributed by atoms with E-state index in [2.05, 4.69) is 45.5 Å². The molecule has 10 heteroatoms. The molecule has 1 unspecified atom stereocenters. The number of nitrogens with one attached hydrogen (secondary N) is 1. The number of aromatic nitrogens is 1. The van der Waals surface area contributed by atoms with Gasteiger partial charge in [0.25, 0.3) is 0 Å². The fraction of sp³-hybridized carbons (Fsp3) is 0.607. The summed E-state index contributed by atoms with van der Waals surface area (Å²) >= 11 is 1.74. The standard InChI is InChI=1S/C17H20N2O3S2.C11H16N2O/c20-24(21)9-6-19(7-10-24)15-3-1-13(2-4-15)16-11-18-17(23-16)14-5-8-22-12-14;12-8-11(6-7-11)13-10(14)9-4-2-1-3-5-9/h1-4,11,14H,5-10,12H2;9H,1-7H2,(H,13,14). The van der Waals surface area contributed by atoms with E-state index in [0.29, 0.717) is 19.0 Å². The van der Waals surface area contributed by atoms with Crippen LogP contribution in [-0.2, 0) is 19.4 Å². The predicted molar refractivity (Wildman–Crippen MR) is 149 cm³/mol. The van der Waals surface area contributed by atoms with Crippen LogP contribution in [0.1, 0.15) is 62.3 Å². The molecule has 2 aromatic rings. The van der Waals surface area contributed by atoms with E-state index in [0.717, 1.165) is 74.4 Å². The summed E-state index contributed by atoms with van der Waals surface area (Å²) < 4.78 is 28.5. The molecule has 2 saturated carbocycles. The Labute approximate surface area is 229 Å². The zero-order chi connectivity index (χ0) is 26.6. The van der Waals surface area contributed by atoms with E-state index < -0.39 is 15.4 Å². The second-order valence-corrected chi connectivity index (χ2v) is 14.2. The summed E-state index contributed by atoms with van der Waals surface area (Å²) in [5.41, 5.74) is 1.77. The van der Waals surface area contributed by atoms with Gasteiger partial charge in [-0.2, -0.15) is 5.26 Å². The Bertz CT molecular complexity index is 1240. The largest absolute Gasteiger partial charge is 0.381 e. The van der Waals surface area contributed by atoms with Crippen molar-refractivity contribution < 1.29 is 17.9 Å². The van der Waals surface area contributed by atoms with E-state index in [1.807, 2.05) is 6.20 Å². The normalized spacial score (nSPS) is 24.1. The van der Waals surface area contributed by atoms with E-state index in [-0.39, 0.29) is 23.3 Å². The first-order valence-corrected chi connectivity index (χ1v) is 16.3. The molecule has 4 aliphatic rings. The van der Waals surface area contributed by atoms with Crippen molar-refractivity contribution in [2.75, 3.05) is 42.7 Å². The van der Waals surface area contributed by atoms with Crippen LogP contribution < -0.4 is 10.2 Å². The molecule has 0 bridgehead atoms. The predicted octanol–water partition coefficient (Wildman–Crippen LogP) is 4.29. The molecule has 1 N–H and O–H groups in total. The van der Waals surface area contributed by atoms with Gasteiger partial charge >= 0.3 is 0 Å². The minimum Gasteiger partial charge on any atom is -0.381 e. The molecule has 6 rings (SSSR count). The van der Waals surface area contributed by atoms with Crippen molar-refractivity contribution in [3.05, 3.63) is 35.5 Å². The number of carbonyl (C=O) groups is 1. The lowest BCUT2D eigenvalue weighted by molar-refractivity contribution is -0.126. The lowest BCUT2D eigenvalue weighted by atomic mass is 9.88. The van der Waals surface area contributed by atoms with Gasteiger partial charge in [-0.05, 0) is 49.8 Å². The molecule has 1 aromatic carbocycles. The third kappa shape index (κ3) is 6.74. The molecule has 204 valence electrons. The number of hydrogen-bond acceptors (Lipinski definition) is 8. The van der Waals surface area contributed by atoms with Gasteiger partial charge in [0.15, 0.2) is 9.84 Å². The molecule has 1 aromatic heterocycles. The van der Waals surface area contributed by atoms with Crippen molar-refractivity contribution in [1.82, 2.24) is 10.3 Å². The molecule has 1 amide bonds. The maximum absolute atomic E-state index is 11.8. The van der Waals surface area contributed by atoms with Crippen LogP contribution in [0.5, 0.6) is 0 Å². The van der Waals surface area contributed by atoms with Gasteiger partial charge in [0, 0.05) is 43.4 Å². The van der Waals surface area contributed by atoms with Crippen molar-refractivity contribution >= 4 is 32.8 Å². The number of ether oxygens (including phenoxy) is 1. The van der Waals surface area contributed by atoms with Crippen LogP contribution in [-0.4, -0.2) is 62.7 Å². The second-order valence-electron chi connectivity index (χ2n) is 10.8. The van der Waals surface area contributed by atoms with Crippen LogP contribution in [0.15, 0.2) is 30.5 Å². The van der Waals surface area contributed by atoms with Gasteiger partial charge in [-0.25, -0.2) is 13.4 Å². The molecule has 1 atom stereocenters. The Hall–Kier alpha value is -2.48. The van der Waals surface area contributed by atoms with Crippen molar-refractivity contribution in [3.63, 3.8) is 0 Å². The van der Waals surface area contributed by atoms with E-state index in [4.69, 9.17) is 10.00 Å². The third-order valence-electron chi connectivity index (χ3n) is 7.97. The van der Waals surface area contributed by atoms with E-state index in [9.17, 15) is 13.2 Å². The number of thiazole rings is 1. The Balaban J connectivity index is 0.000000179. The highest BCUT2D eigenvalue weighted by atomic mass is 32.2. The first kappa shape index (κ1) is 27.1. The van der Waals surface area contributed by atoms with Crippen LogP contribution in [0, 0.1) is 17.2 Å². The van der Waals surface area contributed by atoms with Crippen molar-refractivity contribution in [1.29, 1.82) is 5.26 Å². The van der Waals surface area contributed by atoms with Crippen LogP contribution in [0.2, 0.25) is 0 Å². The monoisotopic (exact) mass is 556 g/mol. The molecule has 4 fully saturated rings. The van der Waals surface area contributed by atoms with E-state index in [1.54, 1.807) is 11.3 Å². The number of anilines is 1. The topological polar surface area (TPSA) is 112 Å². The molecule has 2 aliphatic heterocycles. The van der Waals surface area contributed by atoms with Crippen molar-refractivity contribution in [2.24, 2.45) is 5.92 Å². The summed E-state index contributed by atoms with van der Waals surface area (Å²) in [6, 6.07) is 10.5. The van der Waals surface area contributed by atoms with Gasteiger partial charge in [-0.3, -0.25) is 4.79 Å². The maximum Gasteiger partial charge on any atom is 0.224 e. The second kappa shape index (κ2) is 11.7. The Morgan fingerprint density at radius 3 is 2.42 bits per heavy atom. The van der Waals surface area contributed by atoms with Gasteiger partial charge < -0.3 is 15.0 Å². The summed E-state index contributed by atoms with van der Waals surface area (Å²) in [4.78, 5) is 19.6. The van der Waals surface area contributed by atoms with Gasteiger partial charge in [0.2, 0.25) is 5.91 Å². The average Bonchev–Trinajstić information content (AvgIpc) is 3.30. The lowest BCUT2D eigenvalue weighted by Gasteiger charge is -2.28. The van der Waals surface area contributed by atoms with Gasteiger partial charge in [-0.15, -0.1) is 11.3 Å². The number of hydrogen-bond donors (Lipinski definition) is 1. The molecule has 2 saturated heterocycles. The van der Waals surface area contributed by atoms with Crippen LogP contribution in [0.4, 0.5) is 5.69 Å². The molecular formula is C28H36N4O4S2. The molecule has 0 radical (unpaired) electrons. The number of amides is 1. The first-order chi connectivity index (χ1) is 18.4. The lowest BCUT2D eigenvalue weighted by Crippen LogP contribution is -2.40. The Morgan fingerprint density at radius 1 is 1.11 bits per heavy atom. The fourth-order valence-electron chi connectivity index (χ4n) is 5.24. The minimum atomic E-state index is -2.84.